The minimum atomic E-state index is -0.500. The van der Waals surface area contributed by atoms with Gasteiger partial charge in [0.15, 0.2) is 11.6 Å². The number of hydrogen-bond acceptors (Lipinski definition) is 9. The summed E-state index contributed by atoms with van der Waals surface area (Å²) in [6.07, 6.45) is 8.75. The maximum Gasteiger partial charge on any atom is 0.257 e. The molecule has 1 aliphatic carbocycles. The number of nitrogens with zero attached hydrogens (tertiary/aromatic N) is 6. The lowest BCUT2D eigenvalue weighted by molar-refractivity contribution is -0.118. The van der Waals surface area contributed by atoms with Crippen molar-refractivity contribution in [2.24, 2.45) is 5.41 Å². The molecule has 6 rings (SSSR count). The highest BCUT2D eigenvalue weighted by molar-refractivity contribution is 5.97. The Morgan fingerprint density at radius 2 is 1.96 bits per heavy atom. The third kappa shape index (κ3) is 7.17. The molecule has 0 unspecified atom stereocenters. The van der Waals surface area contributed by atoms with Crippen LogP contribution in [-0.4, -0.2) is 88.0 Å². The number of fused-ring (bicyclic) bond motifs is 1. The molecule has 2 amide bonds. The number of nitrogens with one attached hydrogen (secondary N) is 1. The van der Waals surface area contributed by atoms with Crippen molar-refractivity contribution in [2.75, 3.05) is 44.2 Å². The minimum absolute atomic E-state index is 0.00458. The summed E-state index contributed by atoms with van der Waals surface area (Å²) in [5, 5.41) is 2.87. The fourth-order valence-corrected chi connectivity index (χ4v) is 7.07. The number of ether oxygens (including phenoxy) is 2. The van der Waals surface area contributed by atoms with Crippen LogP contribution < -0.4 is 19.7 Å². The monoisotopic (exact) mass is 645 g/mol. The fourth-order valence-electron chi connectivity index (χ4n) is 7.07. The van der Waals surface area contributed by atoms with Crippen molar-refractivity contribution in [2.45, 2.75) is 72.1 Å². The fraction of sp³-hybridized carbons (Fsp3) is 0.514. The van der Waals surface area contributed by atoms with E-state index < -0.39 is 5.82 Å². The van der Waals surface area contributed by atoms with Crippen LogP contribution in [0.3, 0.4) is 0 Å². The maximum absolute atomic E-state index is 14.3. The van der Waals surface area contributed by atoms with Gasteiger partial charge < -0.3 is 24.6 Å². The number of aromatic nitrogens is 3. The van der Waals surface area contributed by atoms with E-state index in [1.165, 1.54) is 30.1 Å². The van der Waals surface area contributed by atoms with E-state index in [-0.39, 0.29) is 40.7 Å². The van der Waals surface area contributed by atoms with Crippen LogP contribution in [0.1, 0.15) is 68.6 Å². The van der Waals surface area contributed by atoms with E-state index in [4.69, 9.17) is 9.47 Å². The Morgan fingerprint density at radius 1 is 1.15 bits per heavy atom. The summed E-state index contributed by atoms with van der Waals surface area (Å²) in [6.45, 7) is 12.8. The van der Waals surface area contributed by atoms with Crippen LogP contribution in [0.25, 0.3) is 0 Å². The minimum Gasteiger partial charge on any atom is -0.490 e. The number of hydrogen-bond donors (Lipinski definition) is 1. The van der Waals surface area contributed by atoms with E-state index in [1.807, 2.05) is 33.0 Å². The van der Waals surface area contributed by atoms with Crippen LogP contribution in [-0.2, 0) is 17.8 Å². The number of anilines is 1. The molecule has 4 heterocycles. The third-order valence-corrected chi connectivity index (χ3v) is 9.42. The lowest BCUT2D eigenvalue weighted by atomic mass is 9.61. The average molecular weight is 646 g/mol. The Morgan fingerprint density at radius 3 is 2.70 bits per heavy atom. The van der Waals surface area contributed by atoms with Crippen LogP contribution in [0.4, 0.5) is 10.2 Å². The van der Waals surface area contributed by atoms with Crippen molar-refractivity contribution in [3.8, 4) is 17.2 Å². The van der Waals surface area contributed by atoms with Crippen LogP contribution in [0, 0.1) is 11.2 Å². The Hall–Kier alpha value is -4.32. The second kappa shape index (κ2) is 13.8. The highest BCUT2D eigenvalue weighted by atomic mass is 19.1. The number of halogens is 1. The van der Waals surface area contributed by atoms with Gasteiger partial charge in [-0.3, -0.25) is 19.5 Å². The van der Waals surface area contributed by atoms with Gasteiger partial charge in [0, 0.05) is 88.1 Å². The molecular formula is C35H44FN7O4. The van der Waals surface area contributed by atoms with Gasteiger partial charge in [-0.05, 0) is 64.3 Å². The van der Waals surface area contributed by atoms with Gasteiger partial charge in [0.25, 0.3) is 5.91 Å². The SMILES string of the molecule is CCN(C(=O)c1cc(F)ccc1Oc1cncnc1N1CC2(CC(Oc3ccnc4c3CN(CCCNC(C)=O)CC4)C2)C1)C(C)C. The lowest BCUT2D eigenvalue weighted by Gasteiger charge is -2.59. The van der Waals surface area contributed by atoms with Gasteiger partial charge in [0.1, 0.15) is 29.7 Å². The van der Waals surface area contributed by atoms with Crippen molar-refractivity contribution < 1.29 is 23.5 Å². The molecule has 0 bridgehead atoms. The van der Waals surface area contributed by atoms with E-state index in [9.17, 15) is 14.0 Å². The van der Waals surface area contributed by atoms with Gasteiger partial charge in [0.2, 0.25) is 5.91 Å². The van der Waals surface area contributed by atoms with E-state index in [0.717, 1.165) is 69.9 Å². The Balaban J connectivity index is 1.07. The second-order valence-corrected chi connectivity index (χ2v) is 13.2. The molecule has 1 saturated heterocycles. The molecule has 250 valence electrons. The predicted molar refractivity (Wildman–Crippen MR) is 175 cm³/mol. The molecule has 12 heteroatoms. The largest absolute Gasteiger partial charge is 0.490 e. The van der Waals surface area contributed by atoms with Crippen molar-refractivity contribution in [3.05, 3.63) is 65.6 Å². The molecule has 0 radical (unpaired) electrons. The number of rotatable bonds is 12. The van der Waals surface area contributed by atoms with E-state index in [0.29, 0.717) is 24.7 Å². The van der Waals surface area contributed by atoms with Crippen molar-refractivity contribution in [1.82, 2.24) is 30.1 Å². The van der Waals surface area contributed by atoms with Crippen molar-refractivity contribution >= 4 is 17.6 Å². The van der Waals surface area contributed by atoms with Crippen LogP contribution in [0.5, 0.6) is 17.2 Å². The molecule has 1 N–H and O–H groups in total. The summed E-state index contributed by atoms with van der Waals surface area (Å²) < 4.78 is 27.1. The zero-order chi connectivity index (χ0) is 33.1. The number of pyridine rings is 1. The number of benzene rings is 1. The maximum atomic E-state index is 14.3. The third-order valence-electron chi connectivity index (χ3n) is 9.42. The first kappa shape index (κ1) is 32.6. The Kier molecular flexibility index (Phi) is 9.58. The van der Waals surface area contributed by atoms with E-state index in [1.54, 1.807) is 18.0 Å². The summed E-state index contributed by atoms with van der Waals surface area (Å²) in [7, 11) is 0. The molecule has 3 aromatic rings. The van der Waals surface area contributed by atoms with Crippen LogP contribution >= 0.6 is 0 Å². The molecule has 1 spiro atoms. The quantitative estimate of drug-likeness (QED) is 0.282. The lowest BCUT2D eigenvalue weighted by Crippen LogP contribution is -2.65. The topological polar surface area (TPSA) is 113 Å². The van der Waals surface area contributed by atoms with Crippen LogP contribution in [0.15, 0.2) is 43.0 Å². The van der Waals surface area contributed by atoms with Gasteiger partial charge in [-0.15, -0.1) is 0 Å². The zero-order valence-electron chi connectivity index (χ0n) is 27.7. The van der Waals surface area contributed by atoms with Crippen molar-refractivity contribution in [1.29, 1.82) is 0 Å². The summed E-state index contributed by atoms with van der Waals surface area (Å²) >= 11 is 0. The summed E-state index contributed by atoms with van der Waals surface area (Å²) in [6, 6.07) is 5.95. The summed E-state index contributed by atoms with van der Waals surface area (Å²) in [5.41, 5.74) is 2.59. The van der Waals surface area contributed by atoms with E-state index >= 15 is 0 Å². The predicted octanol–water partition coefficient (Wildman–Crippen LogP) is 4.61. The van der Waals surface area contributed by atoms with Gasteiger partial charge in [-0.2, -0.15) is 0 Å². The highest BCUT2D eigenvalue weighted by Gasteiger charge is 2.54. The van der Waals surface area contributed by atoms with E-state index in [2.05, 4.69) is 30.1 Å². The second-order valence-electron chi connectivity index (χ2n) is 13.2. The summed E-state index contributed by atoms with van der Waals surface area (Å²) in [5.74, 6) is 1.48. The number of carbonyl (C=O) groups excluding carboxylic acids is 2. The molecular weight excluding hydrogens is 601 g/mol. The molecule has 2 aromatic heterocycles. The molecule has 2 fully saturated rings. The molecule has 2 aliphatic heterocycles. The summed E-state index contributed by atoms with van der Waals surface area (Å²) in [4.78, 5) is 44.1. The Labute approximate surface area is 275 Å². The van der Waals surface area contributed by atoms with Gasteiger partial charge in [-0.25, -0.2) is 14.4 Å². The first-order valence-corrected chi connectivity index (χ1v) is 16.6. The van der Waals surface area contributed by atoms with Crippen molar-refractivity contribution in [3.63, 3.8) is 0 Å². The smallest absolute Gasteiger partial charge is 0.257 e. The number of amides is 2. The number of carbonyl (C=O) groups is 2. The van der Waals surface area contributed by atoms with Crippen LogP contribution in [0.2, 0.25) is 0 Å². The highest BCUT2D eigenvalue weighted by Crippen LogP contribution is 2.52. The van der Waals surface area contributed by atoms with Gasteiger partial charge >= 0.3 is 0 Å². The molecule has 0 atom stereocenters. The van der Waals surface area contributed by atoms with Gasteiger partial charge in [0.05, 0.1) is 11.8 Å². The molecule has 3 aliphatic rings. The first-order valence-electron chi connectivity index (χ1n) is 16.6. The molecule has 47 heavy (non-hydrogen) atoms. The Bertz CT molecular complexity index is 1600. The molecule has 1 aromatic carbocycles. The zero-order valence-corrected chi connectivity index (χ0v) is 27.7. The average Bonchev–Trinajstić information content (AvgIpc) is 3.01. The molecule has 1 saturated carbocycles. The standard InChI is InChI=1S/C35H44FN7O4/c1-5-43(23(2)3)34(45)27-15-25(36)7-8-30(27)47-32-18-37-22-40-33(32)42-20-35(21-42)16-26(17-35)46-31-9-12-39-29-10-14-41(19-28(29)31)13-6-11-38-24(4)44/h7-9,12,15,18,22-23,26H,5-6,10-11,13-14,16-17,19-21H2,1-4H3,(H,38,44). The normalized spacial score (nSPS) is 17.1. The molecule has 11 nitrogen and oxygen atoms in total. The first-order chi connectivity index (χ1) is 22.6. The van der Waals surface area contributed by atoms with Gasteiger partial charge in [-0.1, -0.05) is 0 Å².